The van der Waals surface area contributed by atoms with E-state index in [2.05, 4.69) is 49.5 Å². The SMILES string of the molecule is CN(CC(O)CNC(C)(C)Cc1ccc2ccccc2c1)S(=O)(=O)c1cccc(-c2ccc(C(=O)O)cc2N)c1. The van der Waals surface area contributed by atoms with Gasteiger partial charge in [-0.2, -0.15) is 4.31 Å². The van der Waals surface area contributed by atoms with Gasteiger partial charge in [0.15, 0.2) is 0 Å². The van der Waals surface area contributed by atoms with Crippen molar-refractivity contribution in [1.29, 1.82) is 0 Å². The number of carboxylic acid groups (broad SMARTS) is 1. The highest BCUT2D eigenvalue weighted by atomic mass is 32.2. The van der Waals surface area contributed by atoms with Gasteiger partial charge in [0, 0.05) is 36.9 Å². The summed E-state index contributed by atoms with van der Waals surface area (Å²) in [6.07, 6.45) is -0.194. The molecule has 4 rings (SSSR count). The number of aromatic carboxylic acids is 1. The van der Waals surface area contributed by atoms with Crippen LogP contribution in [0.1, 0.15) is 29.8 Å². The summed E-state index contributed by atoms with van der Waals surface area (Å²) in [5, 5.41) is 25.6. The molecule has 0 aliphatic rings. The second-order valence-corrected chi connectivity index (χ2v) is 12.7. The number of nitrogens with zero attached hydrogens (tertiary/aromatic N) is 1. The zero-order chi connectivity index (χ0) is 29.1. The molecule has 4 aromatic rings. The Balaban J connectivity index is 1.39. The number of β-amino-alcohol motifs (C(OH)–C–C–N with tert-alkyl or cyclic N) is 1. The second kappa shape index (κ2) is 11.8. The van der Waals surface area contributed by atoms with E-state index in [4.69, 9.17) is 5.73 Å². The van der Waals surface area contributed by atoms with E-state index in [0.29, 0.717) is 11.1 Å². The van der Waals surface area contributed by atoms with Gasteiger partial charge < -0.3 is 21.3 Å². The lowest BCUT2D eigenvalue weighted by atomic mass is 9.93. The molecule has 0 fully saturated rings. The van der Waals surface area contributed by atoms with Crippen LogP contribution >= 0.6 is 0 Å². The Hall–Kier alpha value is -3.76. The number of fused-ring (bicyclic) bond motifs is 1. The first-order valence-electron chi connectivity index (χ1n) is 13.0. The van der Waals surface area contributed by atoms with E-state index in [0.717, 1.165) is 10.7 Å². The first-order valence-corrected chi connectivity index (χ1v) is 14.4. The number of carbonyl (C=O) groups is 1. The molecule has 5 N–H and O–H groups in total. The topological polar surface area (TPSA) is 133 Å². The summed E-state index contributed by atoms with van der Waals surface area (Å²) >= 11 is 0. The monoisotopic (exact) mass is 561 g/mol. The van der Waals surface area contributed by atoms with Gasteiger partial charge in [0.05, 0.1) is 16.6 Å². The van der Waals surface area contributed by atoms with Crippen molar-refractivity contribution in [3.63, 3.8) is 0 Å². The third kappa shape index (κ3) is 6.86. The summed E-state index contributed by atoms with van der Waals surface area (Å²) in [4.78, 5) is 11.3. The Morgan fingerprint density at radius 2 is 1.70 bits per heavy atom. The molecule has 0 saturated heterocycles. The molecule has 40 heavy (non-hydrogen) atoms. The van der Waals surface area contributed by atoms with Crippen LogP contribution in [0.4, 0.5) is 5.69 Å². The van der Waals surface area contributed by atoms with Gasteiger partial charge in [-0.1, -0.05) is 60.7 Å². The number of hydrogen-bond acceptors (Lipinski definition) is 6. The number of nitrogen functional groups attached to an aromatic ring is 1. The standard InChI is InChI=1S/C31H35N3O5S/c1-31(2,18-21-11-12-22-7-4-5-8-23(22)15-21)33-19-26(35)20-34(3)40(38,39)27-10-6-9-24(16-27)28-14-13-25(30(36)37)17-29(28)32/h4-17,26,33,35H,18-20,32H2,1-3H3,(H,36,37). The Morgan fingerprint density at radius 1 is 0.975 bits per heavy atom. The highest BCUT2D eigenvalue weighted by Gasteiger charge is 2.25. The summed E-state index contributed by atoms with van der Waals surface area (Å²) in [5.74, 6) is -1.10. The van der Waals surface area contributed by atoms with Crippen molar-refractivity contribution in [3.8, 4) is 11.1 Å². The molecule has 0 heterocycles. The van der Waals surface area contributed by atoms with Crippen LogP contribution in [0.2, 0.25) is 0 Å². The number of nitrogens with one attached hydrogen (secondary N) is 1. The van der Waals surface area contributed by atoms with Crippen molar-refractivity contribution in [2.24, 2.45) is 0 Å². The van der Waals surface area contributed by atoms with Crippen LogP contribution in [0, 0.1) is 0 Å². The van der Waals surface area contributed by atoms with Crippen LogP contribution < -0.4 is 11.1 Å². The van der Waals surface area contributed by atoms with Crippen molar-refractivity contribution < 1.29 is 23.4 Å². The minimum Gasteiger partial charge on any atom is -0.478 e. The first-order chi connectivity index (χ1) is 18.9. The number of nitrogens with two attached hydrogens (primary N) is 1. The molecule has 0 saturated carbocycles. The maximum atomic E-state index is 13.3. The van der Waals surface area contributed by atoms with E-state index in [1.165, 1.54) is 47.6 Å². The third-order valence-electron chi connectivity index (χ3n) is 6.90. The number of aliphatic hydroxyl groups excluding tert-OH is 1. The summed E-state index contributed by atoms with van der Waals surface area (Å²) in [5.41, 5.74) is 8.25. The van der Waals surface area contributed by atoms with Gasteiger partial charge in [0.25, 0.3) is 0 Å². The van der Waals surface area contributed by atoms with E-state index in [1.807, 2.05) is 12.1 Å². The molecular weight excluding hydrogens is 526 g/mol. The number of anilines is 1. The summed E-state index contributed by atoms with van der Waals surface area (Å²) in [7, 11) is -2.48. The highest BCUT2D eigenvalue weighted by Crippen LogP contribution is 2.29. The van der Waals surface area contributed by atoms with Crippen LogP contribution in [0.25, 0.3) is 21.9 Å². The minimum absolute atomic E-state index is 0.0472. The molecule has 0 aliphatic carbocycles. The molecular formula is C31H35N3O5S. The summed E-state index contributed by atoms with van der Waals surface area (Å²) in [6.45, 7) is 4.22. The maximum absolute atomic E-state index is 13.3. The van der Waals surface area contributed by atoms with Crippen LogP contribution in [0.15, 0.2) is 89.8 Å². The number of rotatable bonds is 11. The lowest BCUT2D eigenvalue weighted by Crippen LogP contribution is -2.47. The van der Waals surface area contributed by atoms with Gasteiger partial charge >= 0.3 is 5.97 Å². The Morgan fingerprint density at radius 3 is 2.40 bits per heavy atom. The largest absolute Gasteiger partial charge is 0.478 e. The number of likely N-dealkylation sites (N-methyl/N-ethyl adjacent to an activating group) is 1. The van der Waals surface area contributed by atoms with Crippen LogP contribution in [0.5, 0.6) is 0 Å². The zero-order valence-corrected chi connectivity index (χ0v) is 23.7. The molecule has 9 heteroatoms. The van der Waals surface area contributed by atoms with Crippen LogP contribution in [0.3, 0.4) is 0 Å². The zero-order valence-electron chi connectivity index (χ0n) is 22.8. The molecule has 4 aromatic carbocycles. The maximum Gasteiger partial charge on any atom is 0.335 e. The van der Waals surface area contributed by atoms with E-state index >= 15 is 0 Å². The Bertz CT molecular complexity index is 1640. The van der Waals surface area contributed by atoms with Gasteiger partial charge in [-0.05, 0) is 66.4 Å². The van der Waals surface area contributed by atoms with E-state index in [-0.39, 0.29) is 34.8 Å². The molecule has 210 valence electrons. The quantitative estimate of drug-likeness (QED) is 0.200. The molecule has 8 nitrogen and oxygen atoms in total. The van der Waals surface area contributed by atoms with Crippen molar-refractivity contribution in [2.45, 2.75) is 36.8 Å². The predicted molar refractivity (Wildman–Crippen MR) is 159 cm³/mol. The number of sulfonamides is 1. The molecule has 0 spiro atoms. The van der Waals surface area contributed by atoms with Crippen molar-refractivity contribution in [1.82, 2.24) is 9.62 Å². The lowest BCUT2D eigenvalue weighted by molar-refractivity contribution is 0.0697. The smallest absolute Gasteiger partial charge is 0.335 e. The van der Waals surface area contributed by atoms with E-state index in [1.54, 1.807) is 18.2 Å². The van der Waals surface area contributed by atoms with Crippen LogP contribution in [-0.2, 0) is 16.4 Å². The molecule has 0 aliphatic heterocycles. The minimum atomic E-state index is -3.91. The number of aliphatic hydroxyl groups is 1. The van der Waals surface area contributed by atoms with Crippen molar-refractivity contribution in [3.05, 3.63) is 96.1 Å². The Labute approximate surface area is 235 Å². The molecule has 0 amide bonds. The summed E-state index contributed by atoms with van der Waals surface area (Å²) < 4.78 is 27.8. The van der Waals surface area contributed by atoms with E-state index < -0.39 is 22.1 Å². The normalized spacial score (nSPS) is 13.0. The molecule has 0 radical (unpaired) electrons. The van der Waals surface area contributed by atoms with Gasteiger partial charge in [-0.15, -0.1) is 0 Å². The Kier molecular flexibility index (Phi) is 8.60. The van der Waals surface area contributed by atoms with Crippen molar-refractivity contribution >= 4 is 32.5 Å². The van der Waals surface area contributed by atoms with Crippen LogP contribution in [-0.4, -0.2) is 60.7 Å². The van der Waals surface area contributed by atoms with Crippen molar-refractivity contribution in [2.75, 3.05) is 25.9 Å². The molecule has 0 bridgehead atoms. The number of carboxylic acids is 1. The fourth-order valence-electron chi connectivity index (χ4n) is 4.74. The second-order valence-electron chi connectivity index (χ2n) is 10.7. The van der Waals surface area contributed by atoms with Gasteiger partial charge in [0.1, 0.15) is 0 Å². The predicted octanol–water partition coefficient (Wildman–Crippen LogP) is 4.38. The lowest BCUT2D eigenvalue weighted by Gasteiger charge is -2.29. The fraction of sp³-hybridized carbons (Fsp3) is 0.258. The first kappa shape index (κ1) is 29.2. The fourth-order valence-corrected chi connectivity index (χ4v) is 5.99. The van der Waals surface area contributed by atoms with E-state index in [9.17, 15) is 23.4 Å². The highest BCUT2D eigenvalue weighted by molar-refractivity contribution is 7.89. The molecule has 1 atom stereocenters. The van der Waals surface area contributed by atoms with Gasteiger partial charge in [-0.3, -0.25) is 0 Å². The van der Waals surface area contributed by atoms with Gasteiger partial charge in [-0.25, -0.2) is 13.2 Å². The average molecular weight is 562 g/mol. The number of benzene rings is 4. The average Bonchev–Trinajstić information content (AvgIpc) is 2.91. The third-order valence-corrected chi connectivity index (χ3v) is 8.72. The number of hydrogen-bond donors (Lipinski definition) is 4. The molecule has 0 aromatic heterocycles. The van der Waals surface area contributed by atoms with Gasteiger partial charge in [0.2, 0.25) is 10.0 Å². The summed E-state index contributed by atoms with van der Waals surface area (Å²) in [6, 6.07) is 25.2. The molecule has 1 unspecified atom stereocenters.